The SMILES string of the molecule is COc1cc(C)c(F)cc1Oc1ccc(C(=O)N2CCNC(=O)C2)cc1F. The van der Waals surface area contributed by atoms with Crippen LogP contribution in [0.3, 0.4) is 0 Å². The number of nitrogens with zero attached hydrogens (tertiary/aromatic N) is 1. The Balaban J connectivity index is 1.82. The van der Waals surface area contributed by atoms with Gasteiger partial charge in [-0.25, -0.2) is 8.78 Å². The average molecular weight is 376 g/mol. The molecule has 2 amide bonds. The van der Waals surface area contributed by atoms with E-state index in [0.717, 1.165) is 12.1 Å². The Labute approximate surface area is 154 Å². The standard InChI is InChI=1S/C19H18F2N2O4/c1-11-7-16(26-2)17(9-13(11)20)27-15-4-3-12(8-14(15)21)19(25)23-6-5-22-18(24)10-23/h3-4,7-9H,5-6,10H2,1-2H3,(H,22,24). The van der Waals surface area contributed by atoms with Gasteiger partial charge in [-0.2, -0.15) is 0 Å². The van der Waals surface area contributed by atoms with Crippen LogP contribution in [0.2, 0.25) is 0 Å². The van der Waals surface area contributed by atoms with Crippen LogP contribution >= 0.6 is 0 Å². The zero-order chi connectivity index (χ0) is 19.6. The summed E-state index contributed by atoms with van der Waals surface area (Å²) < 4.78 is 38.8. The number of nitrogens with one attached hydrogen (secondary N) is 1. The number of carbonyl (C=O) groups is 2. The molecule has 0 unspecified atom stereocenters. The number of aryl methyl sites for hydroxylation is 1. The molecule has 1 aliphatic heterocycles. The van der Waals surface area contributed by atoms with Crippen LogP contribution in [0, 0.1) is 18.6 Å². The zero-order valence-corrected chi connectivity index (χ0v) is 14.8. The van der Waals surface area contributed by atoms with Gasteiger partial charge >= 0.3 is 0 Å². The number of halogens is 2. The van der Waals surface area contributed by atoms with Crippen molar-refractivity contribution >= 4 is 11.8 Å². The third-order valence-electron chi connectivity index (χ3n) is 4.17. The van der Waals surface area contributed by atoms with E-state index in [1.807, 2.05) is 0 Å². The Bertz CT molecular complexity index is 902. The molecule has 2 aromatic rings. The zero-order valence-electron chi connectivity index (χ0n) is 14.8. The van der Waals surface area contributed by atoms with E-state index in [9.17, 15) is 18.4 Å². The lowest BCUT2D eigenvalue weighted by Gasteiger charge is -2.26. The maximum absolute atomic E-state index is 14.4. The number of amides is 2. The van der Waals surface area contributed by atoms with Gasteiger partial charge in [-0.05, 0) is 36.8 Å². The van der Waals surface area contributed by atoms with E-state index in [-0.39, 0.29) is 35.3 Å². The van der Waals surface area contributed by atoms with Gasteiger partial charge < -0.3 is 19.7 Å². The molecule has 8 heteroatoms. The Hall–Kier alpha value is -3.16. The molecule has 6 nitrogen and oxygen atoms in total. The first-order chi connectivity index (χ1) is 12.9. The molecule has 27 heavy (non-hydrogen) atoms. The highest BCUT2D eigenvalue weighted by molar-refractivity contribution is 5.97. The summed E-state index contributed by atoms with van der Waals surface area (Å²) in [5.74, 6) is -1.91. The van der Waals surface area contributed by atoms with Crippen molar-refractivity contribution in [2.24, 2.45) is 0 Å². The van der Waals surface area contributed by atoms with Crippen LogP contribution in [0.15, 0.2) is 30.3 Å². The van der Waals surface area contributed by atoms with Gasteiger partial charge in [0.05, 0.1) is 13.7 Å². The van der Waals surface area contributed by atoms with Crippen LogP contribution in [0.25, 0.3) is 0 Å². The van der Waals surface area contributed by atoms with Crippen LogP contribution in [0.4, 0.5) is 8.78 Å². The van der Waals surface area contributed by atoms with Crippen molar-refractivity contribution in [2.45, 2.75) is 6.92 Å². The molecule has 1 aliphatic rings. The van der Waals surface area contributed by atoms with Crippen molar-refractivity contribution in [3.05, 3.63) is 53.1 Å². The monoisotopic (exact) mass is 376 g/mol. The lowest BCUT2D eigenvalue weighted by Crippen LogP contribution is -2.49. The second kappa shape index (κ2) is 7.61. The van der Waals surface area contributed by atoms with Gasteiger partial charge in [-0.1, -0.05) is 0 Å². The molecular weight excluding hydrogens is 358 g/mol. The van der Waals surface area contributed by atoms with Crippen molar-refractivity contribution in [3.63, 3.8) is 0 Å². The van der Waals surface area contributed by atoms with E-state index in [0.29, 0.717) is 18.7 Å². The third kappa shape index (κ3) is 3.99. The minimum absolute atomic E-state index is 0.0197. The van der Waals surface area contributed by atoms with E-state index in [1.54, 1.807) is 6.92 Å². The molecule has 0 spiro atoms. The summed E-state index contributed by atoms with van der Waals surface area (Å²) in [4.78, 5) is 25.2. The minimum atomic E-state index is -0.787. The molecule has 2 aromatic carbocycles. The molecule has 142 valence electrons. The Morgan fingerprint density at radius 1 is 1.11 bits per heavy atom. The molecule has 3 rings (SSSR count). The smallest absolute Gasteiger partial charge is 0.254 e. The molecule has 1 heterocycles. The first-order valence-corrected chi connectivity index (χ1v) is 8.26. The quantitative estimate of drug-likeness (QED) is 0.891. The Morgan fingerprint density at radius 2 is 1.89 bits per heavy atom. The molecule has 1 saturated heterocycles. The number of methoxy groups -OCH3 is 1. The predicted octanol–water partition coefficient (Wildman–Crippen LogP) is 2.65. The van der Waals surface area contributed by atoms with Crippen molar-refractivity contribution < 1.29 is 27.8 Å². The van der Waals surface area contributed by atoms with Crippen LogP contribution in [-0.4, -0.2) is 43.5 Å². The predicted molar refractivity (Wildman–Crippen MR) is 93.1 cm³/mol. The van der Waals surface area contributed by atoms with Crippen LogP contribution in [0.5, 0.6) is 17.2 Å². The first kappa shape index (κ1) is 18.6. The maximum Gasteiger partial charge on any atom is 0.254 e. The summed E-state index contributed by atoms with van der Waals surface area (Å²) in [5.41, 5.74) is 0.461. The van der Waals surface area contributed by atoms with E-state index >= 15 is 0 Å². The highest BCUT2D eigenvalue weighted by atomic mass is 19.1. The number of hydrogen-bond acceptors (Lipinski definition) is 4. The fourth-order valence-corrected chi connectivity index (χ4v) is 2.71. The van der Waals surface area contributed by atoms with E-state index < -0.39 is 17.5 Å². The summed E-state index contributed by atoms with van der Waals surface area (Å²) in [6, 6.07) is 6.26. The van der Waals surface area contributed by atoms with Gasteiger partial charge in [0.25, 0.3) is 5.91 Å². The lowest BCUT2D eigenvalue weighted by molar-refractivity contribution is -0.123. The molecule has 1 N–H and O–H groups in total. The summed E-state index contributed by atoms with van der Waals surface area (Å²) >= 11 is 0. The first-order valence-electron chi connectivity index (χ1n) is 8.26. The number of hydrogen-bond donors (Lipinski definition) is 1. The van der Waals surface area contributed by atoms with Crippen molar-refractivity contribution in [3.8, 4) is 17.2 Å². The minimum Gasteiger partial charge on any atom is -0.493 e. The van der Waals surface area contributed by atoms with Crippen LogP contribution in [-0.2, 0) is 4.79 Å². The summed E-state index contributed by atoms with van der Waals surface area (Å²) in [7, 11) is 1.40. The van der Waals surface area contributed by atoms with E-state index in [1.165, 1.54) is 30.2 Å². The highest BCUT2D eigenvalue weighted by Crippen LogP contribution is 2.35. The lowest BCUT2D eigenvalue weighted by atomic mass is 10.1. The second-order valence-electron chi connectivity index (χ2n) is 6.08. The van der Waals surface area contributed by atoms with Gasteiger partial charge in [0, 0.05) is 24.7 Å². The molecule has 1 fully saturated rings. The summed E-state index contributed by atoms with van der Waals surface area (Å²) in [6.45, 7) is 2.21. The molecule has 0 aromatic heterocycles. The highest BCUT2D eigenvalue weighted by Gasteiger charge is 2.23. The number of carbonyl (C=O) groups excluding carboxylic acids is 2. The molecule has 0 atom stereocenters. The van der Waals surface area contributed by atoms with Crippen molar-refractivity contribution in [2.75, 3.05) is 26.7 Å². The largest absolute Gasteiger partial charge is 0.493 e. The fourth-order valence-electron chi connectivity index (χ4n) is 2.71. The normalized spacial score (nSPS) is 13.9. The molecule has 0 radical (unpaired) electrons. The Morgan fingerprint density at radius 3 is 2.56 bits per heavy atom. The van der Waals surface area contributed by atoms with Gasteiger partial charge in [0.1, 0.15) is 5.82 Å². The van der Waals surface area contributed by atoms with Gasteiger partial charge in [-0.15, -0.1) is 0 Å². The van der Waals surface area contributed by atoms with Gasteiger partial charge in [0.2, 0.25) is 5.91 Å². The van der Waals surface area contributed by atoms with Crippen LogP contribution in [0.1, 0.15) is 15.9 Å². The van der Waals surface area contributed by atoms with Gasteiger partial charge in [-0.3, -0.25) is 9.59 Å². The number of benzene rings is 2. The second-order valence-corrected chi connectivity index (χ2v) is 6.08. The van der Waals surface area contributed by atoms with Crippen molar-refractivity contribution in [1.29, 1.82) is 0 Å². The Kier molecular flexibility index (Phi) is 5.25. The third-order valence-corrected chi connectivity index (χ3v) is 4.17. The van der Waals surface area contributed by atoms with Crippen LogP contribution < -0.4 is 14.8 Å². The average Bonchev–Trinajstić information content (AvgIpc) is 2.65. The molecular formula is C19H18F2N2O4. The number of rotatable bonds is 4. The summed E-state index contributed by atoms with van der Waals surface area (Å²) in [5, 5.41) is 2.62. The number of ether oxygens (including phenoxy) is 2. The summed E-state index contributed by atoms with van der Waals surface area (Å²) in [6.07, 6.45) is 0. The molecule has 0 bridgehead atoms. The number of piperazine rings is 1. The van der Waals surface area contributed by atoms with E-state index in [2.05, 4.69) is 5.32 Å². The molecule has 0 aliphatic carbocycles. The van der Waals surface area contributed by atoms with E-state index in [4.69, 9.17) is 9.47 Å². The fraction of sp³-hybridized carbons (Fsp3) is 0.263. The maximum atomic E-state index is 14.4. The van der Waals surface area contributed by atoms with Crippen molar-refractivity contribution in [1.82, 2.24) is 10.2 Å². The molecule has 0 saturated carbocycles. The topological polar surface area (TPSA) is 67.9 Å². The van der Waals surface area contributed by atoms with Gasteiger partial charge in [0.15, 0.2) is 23.1 Å².